The normalized spacial score (nSPS) is 9.58. The van der Waals surface area contributed by atoms with Crippen molar-refractivity contribution in [2.24, 2.45) is 0 Å². The van der Waals surface area contributed by atoms with Crippen LogP contribution in [0.4, 0.5) is 19.7 Å². The molecule has 0 saturated heterocycles. The van der Waals surface area contributed by atoms with Crippen LogP contribution in [0, 0.1) is 5.82 Å². The van der Waals surface area contributed by atoms with Gasteiger partial charge in [-0.15, -0.1) is 0 Å². The zero-order chi connectivity index (χ0) is 14.1. The summed E-state index contributed by atoms with van der Waals surface area (Å²) in [7, 11) is 0. The molecule has 0 aliphatic carbocycles. The lowest BCUT2D eigenvalue weighted by molar-refractivity contribution is 0.240. The number of amides is 4. The lowest BCUT2D eigenvalue weighted by Gasteiger charge is -2.09. The van der Waals surface area contributed by atoms with Crippen molar-refractivity contribution in [3.05, 3.63) is 30.1 Å². The minimum Gasteiger partial charge on any atom is -0.338 e. The van der Waals surface area contributed by atoms with Crippen molar-refractivity contribution < 1.29 is 14.0 Å². The molecule has 0 aliphatic heterocycles. The van der Waals surface area contributed by atoms with Gasteiger partial charge in [0.15, 0.2) is 0 Å². The van der Waals surface area contributed by atoms with E-state index in [1.165, 1.54) is 18.2 Å². The van der Waals surface area contributed by atoms with Gasteiger partial charge in [-0.1, -0.05) is 12.1 Å². The quantitative estimate of drug-likeness (QED) is 0.606. The Kier molecular flexibility index (Phi) is 6.14. The zero-order valence-corrected chi connectivity index (χ0v) is 10.6. The molecule has 1 aromatic rings. The fraction of sp³-hybridized carbons (Fsp3) is 0.333. The Balaban J connectivity index is 2.22. The molecule has 0 heterocycles. The van der Waals surface area contributed by atoms with Gasteiger partial charge in [-0.05, 0) is 19.1 Å². The Labute approximate surface area is 110 Å². The molecule has 19 heavy (non-hydrogen) atoms. The van der Waals surface area contributed by atoms with Crippen LogP contribution in [0.3, 0.4) is 0 Å². The molecule has 0 saturated carbocycles. The molecule has 7 heteroatoms. The first-order chi connectivity index (χ1) is 9.13. The number of anilines is 1. The highest BCUT2D eigenvalue weighted by Gasteiger charge is 2.05. The third-order valence-corrected chi connectivity index (χ3v) is 2.16. The van der Waals surface area contributed by atoms with Crippen LogP contribution in [0.2, 0.25) is 0 Å². The molecule has 104 valence electrons. The molecular formula is C12H17FN4O2. The van der Waals surface area contributed by atoms with Gasteiger partial charge in [0, 0.05) is 19.6 Å². The summed E-state index contributed by atoms with van der Waals surface area (Å²) >= 11 is 0. The largest absolute Gasteiger partial charge is 0.338 e. The maximum absolute atomic E-state index is 13.2. The second-order valence-corrected chi connectivity index (χ2v) is 3.65. The summed E-state index contributed by atoms with van der Waals surface area (Å²) in [4.78, 5) is 22.4. The Morgan fingerprint density at radius 3 is 2.32 bits per heavy atom. The summed E-state index contributed by atoms with van der Waals surface area (Å²) in [5.41, 5.74) is 0.108. The molecule has 0 radical (unpaired) electrons. The van der Waals surface area contributed by atoms with E-state index in [-0.39, 0.29) is 24.8 Å². The SMILES string of the molecule is CCNC(=O)NCCNC(=O)Nc1ccccc1F. The van der Waals surface area contributed by atoms with E-state index in [0.717, 1.165) is 0 Å². The van der Waals surface area contributed by atoms with Crippen LogP contribution in [0.25, 0.3) is 0 Å². The maximum Gasteiger partial charge on any atom is 0.319 e. The molecule has 0 aliphatic rings. The molecule has 6 nitrogen and oxygen atoms in total. The third-order valence-electron chi connectivity index (χ3n) is 2.16. The van der Waals surface area contributed by atoms with E-state index < -0.39 is 11.8 Å². The van der Waals surface area contributed by atoms with Gasteiger partial charge in [-0.2, -0.15) is 0 Å². The topological polar surface area (TPSA) is 82.3 Å². The highest BCUT2D eigenvalue weighted by molar-refractivity contribution is 5.89. The zero-order valence-electron chi connectivity index (χ0n) is 10.6. The Hall–Kier alpha value is -2.31. The van der Waals surface area contributed by atoms with Crippen molar-refractivity contribution in [1.82, 2.24) is 16.0 Å². The van der Waals surface area contributed by atoms with Crippen molar-refractivity contribution in [2.45, 2.75) is 6.92 Å². The van der Waals surface area contributed by atoms with Crippen LogP contribution in [-0.4, -0.2) is 31.7 Å². The minimum absolute atomic E-state index is 0.108. The average molecular weight is 268 g/mol. The smallest absolute Gasteiger partial charge is 0.319 e. The summed E-state index contributed by atoms with van der Waals surface area (Å²) in [6.45, 7) is 2.88. The molecule has 1 rings (SSSR count). The van der Waals surface area contributed by atoms with Gasteiger partial charge in [-0.25, -0.2) is 14.0 Å². The number of benzene rings is 1. The second kappa shape index (κ2) is 7.91. The molecule has 0 bridgehead atoms. The first-order valence-corrected chi connectivity index (χ1v) is 5.94. The molecular weight excluding hydrogens is 251 g/mol. The van der Waals surface area contributed by atoms with E-state index in [4.69, 9.17) is 0 Å². The van der Waals surface area contributed by atoms with Crippen LogP contribution in [0.1, 0.15) is 6.92 Å². The summed E-state index contributed by atoms with van der Waals surface area (Å²) < 4.78 is 13.2. The maximum atomic E-state index is 13.2. The predicted octanol–water partition coefficient (Wildman–Crippen LogP) is 1.27. The van der Waals surface area contributed by atoms with E-state index in [0.29, 0.717) is 6.54 Å². The van der Waals surface area contributed by atoms with Crippen molar-refractivity contribution in [2.75, 3.05) is 25.0 Å². The van der Waals surface area contributed by atoms with Gasteiger partial charge in [0.2, 0.25) is 0 Å². The summed E-state index contributed by atoms with van der Waals surface area (Å²) in [5, 5.41) is 9.97. The van der Waals surface area contributed by atoms with Crippen molar-refractivity contribution in [1.29, 1.82) is 0 Å². The molecule has 0 fully saturated rings. The Morgan fingerprint density at radius 1 is 1.05 bits per heavy atom. The summed E-state index contributed by atoms with van der Waals surface area (Å²) in [6, 6.07) is 5.06. The number of urea groups is 2. The monoisotopic (exact) mass is 268 g/mol. The Bertz CT molecular complexity index is 439. The number of carbonyl (C=O) groups excluding carboxylic acids is 2. The van der Waals surface area contributed by atoms with Gasteiger partial charge >= 0.3 is 12.1 Å². The summed E-state index contributed by atoms with van der Waals surface area (Å²) in [6.07, 6.45) is 0. The highest BCUT2D eigenvalue weighted by atomic mass is 19.1. The lowest BCUT2D eigenvalue weighted by Crippen LogP contribution is -2.41. The molecule has 4 N–H and O–H groups in total. The molecule has 0 unspecified atom stereocenters. The van der Waals surface area contributed by atoms with Gasteiger partial charge in [0.25, 0.3) is 0 Å². The van der Waals surface area contributed by atoms with Crippen LogP contribution in [-0.2, 0) is 0 Å². The average Bonchev–Trinajstić information content (AvgIpc) is 2.38. The van der Waals surface area contributed by atoms with Crippen molar-refractivity contribution in [3.8, 4) is 0 Å². The molecule has 0 aromatic heterocycles. The minimum atomic E-state index is -0.525. The molecule has 4 amide bonds. The number of hydrogen-bond acceptors (Lipinski definition) is 2. The number of carbonyl (C=O) groups is 2. The van der Waals surface area contributed by atoms with Gasteiger partial charge in [-0.3, -0.25) is 0 Å². The van der Waals surface area contributed by atoms with Crippen LogP contribution >= 0.6 is 0 Å². The lowest BCUT2D eigenvalue weighted by atomic mass is 10.3. The molecule has 0 spiro atoms. The van der Waals surface area contributed by atoms with Crippen molar-refractivity contribution in [3.63, 3.8) is 0 Å². The van der Waals surface area contributed by atoms with Crippen LogP contribution < -0.4 is 21.3 Å². The number of rotatable bonds is 5. The van der Waals surface area contributed by atoms with Crippen LogP contribution in [0.15, 0.2) is 24.3 Å². The van der Waals surface area contributed by atoms with Crippen molar-refractivity contribution >= 4 is 17.7 Å². The third kappa shape index (κ3) is 5.71. The fourth-order valence-electron chi connectivity index (χ4n) is 1.30. The first kappa shape index (κ1) is 14.7. The van der Waals surface area contributed by atoms with E-state index in [1.807, 2.05) is 0 Å². The fourth-order valence-corrected chi connectivity index (χ4v) is 1.30. The van der Waals surface area contributed by atoms with Gasteiger partial charge in [0.1, 0.15) is 5.82 Å². The van der Waals surface area contributed by atoms with Crippen LogP contribution in [0.5, 0.6) is 0 Å². The van der Waals surface area contributed by atoms with E-state index in [1.54, 1.807) is 13.0 Å². The molecule has 1 aromatic carbocycles. The number of nitrogens with one attached hydrogen (secondary N) is 4. The number of halogens is 1. The molecule has 0 atom stereocenters. The second-order valence-electron chi connectivity index (χ2n) is 3.65. The van der Waals surface area contributed by atoms with E-state index in [9.17, 15) is 14.0 Å². The Morgan fingerprint density at radius 2 is 1.68 bits per heavy atom. The summed E-state index contributed by atoms with van der Waals surface area (Å²) in [5.74, 6) is -0.502. The van der Waals surface area contributed by atoms with E-state index >= 15 is 0 Å². The highest BCUT2D eigenvalue weighted by Crippen LogP contribution is 2.11. The van der Waals surface area contributed by atoms with Gasteiger partial charge < -0.3 is 21.3 Å². The number of hydrogen-bond donors (Lipinski definition) is 4. The first-order valence-electron chi connectivity index (χ1n) is 5.94. The number of para-hydroxylation sites is 1. The predicted molar refractivity (Wildman–Crippen MR) is 70.5 cm³/mol. The standard InChI is InChI=1S/C12H17FN4O2/c1-2-14-11(18)15-7-8-16-12(19)17-10-6-4-3-5-9(10)13/h3-6H,2,7-8H2,1H3,(H2,14,15,18)(H2,16,17,19). The van der Waals surface area contributed by atoms with E-state index in [2.05, 4.69) is 21.3 Å². The van der Waals surface area contributed by atoms with Gasteiger partial charge in [0.05, 0.1) is 5.69 Å².